The molecule has 0 saturated heterocycles. The summed E-state index contributed by atoms with van der Waals surface area (Å²) < 4.78 is 1.84. The molecular weight excluding hydrogens is 318 g/mol. The third-order valence-corrected chi connectivity index (χ3v) is 5.49. The summed E-state index contributed by atoms with van der Waals surface area (Å²) in [5.74, 6) is -0.0941. The molecule has 116 valence electrons. The van der Waals surface area contributed by atoms with Gasteiger partial charge in [0.1, 0.15) is 9.88 Å². The van der Waals surface area contributed by atoms with E-state index in [2.05, 4.69) is 27.3 Å². The van der Waals surface area contributed by atoms with Crippen molar-refractivity contribution in [3.05, 3.63) is 32.0 Å². The van der Waals surface area contributed by atoms with Crippen molar-refractivity contribution in [1.82, 2.24) is 24.9 Å². The van der Waals surface area contributed by atoms with Crippen LogP contribution in [0.25, 0.3) is 4.96 Å². The molecule has 1 amide bonds. The Kier molecular flexibility index (Phi) is 3.96. The first-order valence-corrected chi connectivity index (χ1v) is 8.69. The minimum atomic E-state index is -0.0941. The zero-order valence-electron chi connectivity index (χ0n) is 12.9. The third-order valence-electron chi connectivity index (χ3n) is 3.37. The van der Waals surface area contributed by atoms with E-state index >= 15 is 0 Å². The summed E-state index contributed by atoms with van der Waals surface area (Å²) in [7, 11) is 0. The second-order valence-corrected chi connectivity index (χ2v) is 7.26. The van der Waals surface area contributed by atoms with Crippen molar-refractivity contribution in [3.8, 4) is 0 Å². The maximum absolute atomic E-state index is 12.3. The van der Waals surface area contributed by atoms with Crippen LogP contribution in [0.4, 0.5) is 0 Å². The summed E-state index contributed by atoms with van der Waals surface area (Å²) in [5, 5.41) is 9.43. The fourth-order valence-electron chi connectivity index (χ4n) is 2.26. The van der Waals surface area contributed by atoms with Gasteiger partial charge in [-0.2, -0.15) is 5.10 Å². The van der Waals surface area contributed by atoms with E-state index in [1.54, 1.807) is 11.3 Å². The van der Waals surface area contributed by atoms with E-state index in [1.807, 2.05) is 25.3 Å². The van der Waals surface area contributed by atoms with Gasteiger partial charge < -0.3 is 5.32 Å². The lowest BCUT2D eigenvalue weighted by Crippen LogP contribution is -2.24. The van der Waals surface area contributed by atoms with Crippen LogP contribution in [0.15, 0.2) is 0 Å². The molecule has 6 nitrogen and oxygen atoms in total. The van der Waals surface area contributed by atoms with Crippen molar-refractivity contribution in [2.75, 3.05) is 0 Å². The number of fused-ring (bicyclic) bond motifs is 1. The summed E-state index contributed by atoms with van der Waals surface area (Å²) in [5.41, 5.74) is 2.61. The van der Waals surface area contributed by atoms with Gasteiger partial charge in [-0.15, -0.1) is 11.3 Å². The van der Waals surface area contributed by atoms with Crippen LogP contribution in [0, 0.1) is 20.8 Å². The van der Waals surface area contributed by atoms with Crippen molar-refractivity contribution in [2.45, 2.75) is 40.7 Å². The van der Waals surface area contributed by atoms with Crippen molar-refractivity contribution in [2.24, 2.45) is 0 Å². The first kappa shape index (κ1) is 15.1. The molecule has 0 spiro atoms. The highest BCUT2D eigenvalue weighted by molar-refractivity contribution is 7.16. The lowest BCUT2D eigenvalue weighted by molar-refractivity contribution is 0.0953. The van der Waals surface area contributed by atoms with Gasteiger partial charge in [-0.3, -0.25) is 4.79 Å². The molecule has 3 rings (SSSR count). The van der Waals surface area contributed by atoms with Gasteiger partial charge in [-0.1, -0.05) is 18.3 Å². The molecule has 22 heavy (non-hydrogen) atoms. The molecule has 3 heterocycles. The van der Waals surface area contributed by atoms with Crippen LogP contribution in [0.2, 0.25) is 0 Å². The van der Waals surface area contributed by atoms with Crippen LogP contribution in [0.5, 0.6) is 0 Å². The molecular formula is C14H17N5OS2. The molecule has 0 aliphatic heterocycles. The molecule has 1 N–H and O–H groups in total. The smallest absolute Gasteiger partial charge is 0.263 e. The summed E-state index contributed by atoms with van der Waals surface area (Å²) in [6, 6.07) is 0. The van der Waals surface area contributed by atoms with Gasteiger partial charge in [-0.05, 0) is 27.2 Å². The summed E-state index contributed by atoms with van der Waals surface area (Å²) in [4.78, 5) is 22.6. The van der Waals surface area contributed by atoms with E-state index < -0.39 is 0 Å². The van der Waals surface area contributed by atoms with Gasteiger partial charge >= 0.3 is 0 Å². The molecule has 0 saturated carbocycles. The highest BCUT2D eigenvalue weighted by atomic mass is 32.1. The Morgan fingerprint density at radius 2 is 1.95 bits per heavy atom. The maximum Gasteiger partial charge on any atom is 0.263 e. The van der Waals surface area contributed by atoms with E-state index in [0.717, 1.165) is 38.5 Å². The van der Waals surface area contributed by atoms with Crippen LogP contribution < -0.4 is 5.32 Å². The second kappa shape index (κ2) is 5.77. The molecule has 0 bridgehead atoms. The fraction of sp³-hybridized carbons (Fsp3) is 0.429. The molecule has 0 aliphatic carbocycles. The number of amides is 1. The minimum Gasteiger partial charge on any atom is -0.346 e. The topological polar surface area (TPSA) is 72.2 Å². The largest absolute Gasteiger partial charge is 0.346 e. The Bertz CT molecular complexity index is 845. The zero-order chi connectivity index (χ0) is 15.9. The number of nitrogens with one attached hydrogen (secondary N) is 1. The van der Waals surface area contributed by atoms with Crippen molar-refractivity contribution >= 4 is 33.5 Å². The van der Waals surface area contributed by atoms with Crippen LogP contribution >= 0.6 is 22.7 Å². The number of rotatable bonds is 4. The highest BCUT2D eigenvalue weighted by Crippen LogP contribution is 2.20. The molecule has 8 heteroatoms. The third kappa shape index (κ3) is 2.64. The van der Waals surface area contributed by atoms with Crippen molar-refractivity contribution < 1.29 is 4.79 Å². The number of aromatic nitrogens is 4. The van der Waals surface area contributed by atoms with Gasteiger partial charge in [-0.25, -0.2) is 14.5 Å². The predicted molar refractivity (Wildman–Crippen MR) is 87.7 cm³/mol. The molecule has 3 aromatic rings. The average Bonchev–Trinajstić information content (AvgIpc) is 3.09. The predicted octanol–water partition coefficient (Wildman–Crippen LogP) is 2.66. The molecule has 3 aromatic heterocycles. The Morgan fingerprint density at radius 1 is 1.18 bits per heavy atom. The van der Waals surface area contributed by atoms with Gasteiger partial charge in [0, 0.05) is 0 Å². The minimum absolute atomic E-state index is 0.0941. The van der Waals surface area contributed by atoms with E-state index in [-0.39, 0.29) is 5.91 Å². The van der Waals surface area contributed by atoms with E-state index in [9.17, 15) is 4.79 Å². The van der Waals surface area contributed by atoms with E-state index in [4.69, 9.17) is 0 Å². The number of nitrogens with zero attached hydrogens (tertiary/aromatic N) is 4. The molecule has 0 aromatic carbocycles. The maximum atomic E-state index is 12.3. The van der Waals surface area contributed by atoms with Gasteiger partial charge in [0.15, 0.2) is 0 Å². The fourth-order valence-corrected chi connectivity index (χ4v) is 4.00. The number of carbonyl (C=O) groups is 1. The second-order valence-electron chi connectivity index (χ2n) is 5.02. The zero-order valence-corrected chi connectivity index (χ0v) is 14.6. The summed E-state index contributed by atoms with van der Waals surface area (Å²) >= 11 is 3.00. The molecule has 0 aliphatic rings. The molecule has 0 atom stereocenters. The molecule has 0 fully saturated rings. The lowest BCUT2D eigenvalue weighted by Gasteiger charge is -2.04. The molecule has 0 unspecified atom stereocenters. The first-order chi connectivity index (χ1) is 10.5. The SMILES string of the molecule is CCc1nn2c(CNC(=O)c3sc(C)nc3C)c(C)nc2s1. The molecule has 0 radical (unpaired) electrons. The van der Waals surface area contributed by atoms with Crippen molar-refractivity contribution in [3.63, 3.8) is 0 Å². The van der Waals surface area contributed by atoms with Crippen LogP contribution in [-0.2, 0) is 13.0 Å². The van der Waals surface area contributed by atoms with Gasteiger partial charge in [0.2, 0.25) is 4.96 Å². The number of hydrogen-bond donors (Lipinski definition) is 1. The number of carbonyl (C=O) groups excluding carboxylic acids is 1. The number of aryl methyl sites for hydroxylation is 4. The Morgan fingerprint density at radius 3 is 2.59 bits per heavy atom. The summed E-state index contributed by atoms with van der Waals surface area (Å²) in [6.07, 6.45) is 0.887. The number of thiazole rings is 1. The monoisotopic (exact) mass is 335 g/mol. The quantitative estimate of drug-likeness (QED) is 0.795. The lowest BCUT2D eigenvalue weighted by atomic mass is 10.3. The van der Waals surface area contributed by atoms with Gasteiger partial charge in [0.25, 0.3) is 5.91 Å². The average molecular weight is 335 g/mol. The Balaban J connectivity index is 1.81. The first-order valence-electron chi connectivity index (χ1n) is 7.05. The van der Waals surface area contributed by atoms with Crippen LogP contribution in [0.3, 0.4) is 0 Å². The Labute approximate surface area is 136 Å². The van der Waals surface area contributed by atoms with E-state index in [0.29, 0.717) is 11.4 Å². The number of hydrogen-bond acceptors (Lipinski definition) is 6. The Hall–Kier alpha value is -1.80. The van der Waals surface area contributed by atoms with Crippen molar-refractivity contribution in [1.29, 1.82) is 0 Å². The summed E-state index contributed by atoms with van der Waals surface area (Å²) in [6.45, 7) is 8.18. The van der Waals surface area contributed by atoms with Crippen LogP contribution in [0.1, 0.15) is 43.7 Å². The van der Waals surface area contributed by atoms with Gasteiger partial charge in [0.05, 0.1) is 28.6 Å². The van der Waals surface area contributed by atoms with E-state index in [1.165, 1.54) is 11.3 Å². The standard InChI is InChI=1S/C14H17N5OS2/c1-5-11-18-19-10(7(2)17-14(19)22-11)6-15-13(20)12-8(3)16-9(4)21-12/h5-6H2,1-4H3,(H,15,20). The van der Waals surface area contributed by atoms with Crippen LogP contribution in [-0.4, -0.2) is 25.5 Å². The normalized spacial score (nSPS) is 11.3. The highest BCUT2D eigenvalue weighted by Gasteiger charge is 2.17. The number of imidazole rings is 1.